The Morgan fingerprint density at radius 3 is 3.00 bits per heavy atom. The highest BCUT2D eigenvalue weighted by atomic mass is 35.5. The van der Waals surface area contributed by atoms with Gasteiger partial charge in [-0.05, 0) is 36.2 Å². The molecule has 2 aliphatic heterocycles. The second-order valence-corrected chi connectivity index (χ2v) is 7.00. The van der Waals surface area contributed by atoms with Crippen molar-refractivity contribution in [1.29, 1.82) is 0 Å². The second-order valence-electron chi connectivity index (χ2n) is 5.49. The summed E-state index contributed by atoms with van der Waals surface area (Å²) < 4.78 is 20.1. The Morgan fingerprint density at radius 1 is 1.40 bits per heavy atom. The van der Waals surface area contributed by atoms with Crippen LogP contribution in [0.15, 0.2) is 34.4 Å². The van der Waals surface area contributed by atoms with Gasteiger partial charge in [0.2, 0.25) is 0 Å². The predicted molar refractivity (Wildman–Crippen MR) is 94.0 cm³/mol. The molecule has 2 N–H and O–H groups in total. The van der Waals surface area contributed by atoms with Crippen LogP contribution in [0, 0.1) is 5.95 Å². The molecule has 0 radical (unpaired) electrons. The number of amidine groups is 1. The third-order valence-electron chi connectivity index (χ3n) is 4.14. The summed E-state index contributed by atoms with van der Waals surface area (Å²) in [6.07, 6.45) is 0.557. The first-order chi connectivity index (χ1) is 12.0. The van der Waals surface area contributed by atoms with Gasteiger partial charge in [0.1, 0.15) is 16.4 Å². The van der Waals surface area contributed by atoms with E-state index >= 15 is 0 Å². The molecule has 2 aliphatic rings. The molecule has 7 nitrogen and oxygen atoms in total. The van der Waals surface area contributed by atoms with Gasteiger partial charge in [-0.3, -0.25) is 0 Å². The number of fused-ring (bicyclic) bond motifs is 4. The number of aromatic nitrogens is 1. The van der Waals surface area contributed by atoms with E-state index in [0.717, 1.165) is 0 Å². The summed E-state index contributed by atoms with van der Waals surface area (Å²) in [5.41, 5.74) is 15.2. The Balaban J connectivity index is 2.06. The molecule has 0 aliphatic carbocycles. The summed E-state index contributed by atoms with van der Waals surface area (Å²) >= 11 is 7.39. The molecule has 0 bridgehead atoms. The minimum Gasteiger partial charge on any atom is -0.452 e. The minimum absolute atomic E-state index is 0.000809. The zero-order valence-corrected chi connectivity index (χ0v) is 14.2. The first kappa shape index (κ1) is 16.0. The Hall–Kier alpha value is -2.48. The van der Waals surface area contributed by atoms with Gasteiger partial charge in [0, 0.05) is 27.5 Å². The van der Waals surface area contributed by atoms with Crippen LogP contribution in [-0.4, -0.2) is 15.9 Å². The molecule has 4 rings (SSSR count). The van der Waals surface area contributed by atoms with E-state index in [4.69, 9.17) is 27.6 Å². The molecule has 25 heavy (non-hydrogen) atoms. The van der Waals surface area contributed by atoms with E-state index in [1.165, 1.54) is 17.8 Å². The highest BCUT2D eigenvalue weighted by Gasteiger charge is 2.45. The number of thioether (sulfide) groups is 1. The average Bonchev–Trinajstić information content (AvgIpc) is 2.57. The van der Waals surface area contributed by atoms with Crippen LogP contribution in [0.2, 0.25) is 5.15 Å². The molecule has 2 aromatic rings. The zero-order chi connectivity index (χ0) is 17.6. The maximum absolute atomic E-state index is 14.4. The van der Waals surface area contributed by atoms with Crippen molar-refractivity contribution in [3.8, 4) is 11.5 Å². The normalized spacial score (nSPS) is 20.8. The number of hydrogen-bond donors (Lipinski definition) is 1. The summed E-state index contributed by atoms with van der Waals surface area (Å²) in [6.45, 7) is 0. The summed E-state index contributed by atoms with van der Waals surface area (Å²) in [5, 5.41) is 4.01. The smallest absolute Gasteiger partial charge is 0.257 e. The van der Waals surface area contributed by atoms with Gasteiger partial charge in [-0.15, -0.1) is 0 Å². The fraction of sp³-hybridized carbons (Fsp3) is 0.200. The number of aliphatic imine (C=N–C) groups is 1. The van der Waals surface area contributed by atoms with E-state index in [-0.39, 0.29) is 10.9 Å². The average molecular weight is 377 g/mol. The van der Waals surface area contributed by atoms with Crippen LogP contribution < -0.4 is 10.5 Å². The molecule has 1 atom stereocenters. The van der Waals surface area contributed by atoms with Gasteiger partial charge in [-0.2, -0.15) is 4.39 Å². The van der Waals surface area contributed by atoms with Crippen molar-refractivity contribution in [3.05, 3.63) is 56.9 Å². The SMILES string of the molecule is [N-]=[N+]=Nc1ccc2c(c1)[C@@]1(CCSC(N)=N1)c1cc(Cl)nc(F)c1O2. The van der Waals surface area contributed by atoms with Crippen LogP contribution >= 0.6 is 23.4 Å². The van der Waals surface area contributed by atoms with Crippen molar-refractivity contribution in [1.82, 2.24) is 4.98 Å². The molecule has 0 saturated carbocycles. The molecule has 1 spiro atoms. The van der Waals surface area contributed by atoms with Crippen molar-refractivity contribution < 1.29 is 9.13 Å². The van der Waals surface area contributed by atoms with Crippen LogP contribution in [0.5, 0.6) is 11.5 Å². The predicted octanol–water partition coefficient (Wildman–Crippen LogP) is 4.62. The number of halogens is 2. The number of ether oxygens (including phenoxy) is 1. The van der Waals surface area contributed by atoms with Gasteiger partial charge in [-0.25, -0.2) is 9.98 Å². The Labute approximate surface area is 150 Å². The Bertz CT molecular complexity index is 977. The Kier molecular flexibility index (Phi) is 3.72. The maximum atomic E-state index is 14.4. The molecule has 3 heterocycles. The van der Waals surface area contributed by atoms with E-state index < -0.39 is 11.5 Å². The molecular formula is C15H10ClFN6OS. The molecular weight excluding hydrogens is 367 g/mol. The van der Waals surface area contributed by atoms with E-state index in [1.54, 1.807) is 18.2 Å². The molecule has 1 aromatic carbocycles. The molecule has 1 aromatic heterocycles. The van der Waals surface area contributed by atoms with E-state index in [1.807, 2.05) is 0 Å². The lowest BCUT2D eigenvalue weighted by Gasteiger charge is -2.39. The van der Waals surface area contributed by atoms with Crippen molar-refractivity contribution in [3.63, 3.8) is 0 Å². The van der Waals surface area contributed by atoms with Gasteiger partial charge in [0.25, 0.3) is 5.95 Å². The van der Waals surface area contributed by atoms with Gasteiger partial charge >= 0.3 is 0 Å². The third kappa shape index (κ3) is 2.48. The molecule has 0 unspecified atom stereocenters. The zero-order valence-electron chi connectivity index (χ0n) is 12.6. The van der Waals surface area contributed by atoms with Crippen molar-refractivity contribution in [2.45, 2.75) is 12.0 Å². The maximum Gasteiger partial charge on any atom is 0.257 e. The lowest BCUT2D eigenvalue weighted by Crippen LogP contribution is -2.35. The van der Waals surface area contributed by atoms with Gasteiger partial charge in [-0.1, -0.05) is 28.5 Å². The second kappa shape index (κ2) is 5.80. The standard InChI is InChI=1S/C15H10ClFN6OS/c16-11-6-9-12(13(17)20-11)24-10-2-1-7(22-23-19)5-8(10)15(9)3-4-25-14(18)21-15/h1-2,5-6H,3-4H2,(H2,18,21)/t15-/m0/s1. The number of azide groups is 1. The fourth-order valence-electron chi connectivity index (χ4n) is 3.15. The first-order valence-corrected chi connectivity index (χ1v) is 8.62. The summed E-state index contributed by atoms with van der Waals surface area (Å²) in [6, 6.07) is 6.42. The topological polar surface area (TPSA) is 109 Å². The summed E-state index contributed by atoms with van der Waals surface area (Å²) in [7, 11) is 0. The minimum atomic E-state index is -0.966. The molecule has 0 amide bonds. The summed E-state index contributed by atoms with van der Waals surface area (Å²) in [5.74, 6) is 0.271. The van der Waals surface area contributed by atoms with Gasteiger partial charge in [0.15, 0.2) is 10.9 Å². The Morgan fingerprint density at radius 2 is 2.24 bits per heavy atom. The molecule has 126 valence electrons. The number of nitrogens with two attached hydrogens (primary N) is 1. The van der Waals surface area contributed by atoms with Crippen molar-refractivity contribution >= 4 is 34.2 Å². The molecule has 0 fully saturated rings. The summed E-state index contributed by atoms with van der Waals surface area (Å²) in [4.78, 5) is 11.1. The number of hydrogen-bond acceptors (Lipinski definition) is 6. The quantitative estimate of drug-likeness (QED) is 0.339. The van der Waals surface area contributed by atoms with E-state index in [0.29, 0.717) is 39.9 Å². The van der Waals surface area contributed by atoms with Crippen LogP contribution in [-0.2, 0) is 5.54 Å². The number of benzene rings is 1. The van der Waals surface area contributed by atoms with Crippen molar-refractivity contribution in [2.24, 2.45) is 15.8 Å². The lowest BCUT2D eigenvalue weighted by atomic mass is 9.78. The first-order valence-electron chi connectivity index (χ1n) is 7.25. The van der Waals surface area contributed by atoms with Crippen LogP contribution in [0.25, 0.3) is 10.4 Å². The lowest BCUT2D eigenvalue weighted by molar-refractivity contribution is 0.362. The van der Waals surface area contributed by atoms with E-state index in [9.17, 15) is 4.39 Å². The van der Waals surface area contributed by atoms with Crippen LogP contribution in [0.3, 0.4) is 0 Å². The third-order valence-corrected chi connectivity index (χ3v) is 5.13. The monoisotopic (exact) mass is 376 g/mol. The number of pyridine rings is 1. The van der Waals surface area contributed by atoms with Crippen LogP contribution in [0.4, 0.5) is 10.1 Å². The van der Waals surface area contributed by atoms with Crippen LogP contribution in [0.1, 0.15) is 17.5 Å². The molecule has 10 heteroatoms. The largest absolute Gasteiger partial charge is 0.452 e. The number of nitrogens with zero attached hydrogens (tertiary/aromatic N) is 5. The van der Waals surface area contributed by atoms with Gasteiger partial charge < -0.3 is 10.5 Å². The van der Waals surface area contributed by atoms with Gasteiger partial charge in [0.05, 0.1) is 0 Å². The fourth-order valence-corrected chi connectivity index (χ4v) is 4.16. The number of rotatable bonds is 1. The van der Waals surface area contributed by atoms with E-state index in [2.05, 4.69) is 20.0 Å². The van der Waals surface area contributed by atoms with Crippen molar-refractivity contribution in [2.75, 3.05) is 5.75 Å². The molecule has 0 saturated heterocycles. The highest BCUT2D eigenvalue weighted by molar-refractivity contribution is 8.13. The highest BCUT2D eigenvalue weighted by Crippen LogP contribution is 2.54.